The number of carbonyl (C=O) groups excluding carboxylic acids is 1. The van der Waals surface area contributed by atoms with Gasteiger partial charge in [-0.1, -0.05) is 0 Å². The molecule has 0 aliphatic carbocycles. The maximum atomic E-state index is 13.8. The van der Waals surface area contributed by atoms with Crippen molar-refractivity contribution in [3.63, 3.8) is 0 Å². The number of aliphatic hydroxyl groups is 8. The second-order valence-corrected chi connectivity index (χ2v) is 14.1. The Balaban J connectivity index is 1.64. The van der Waals surface area contributed by atoms with E-state index in [9.17, 15) is 50.9 Å². The number of ether oxygens (including phenoxy) is 5. The van der Waals surface area contributed by atoms with Crippen molar-refractivity contribution < 1.29 is 74.5 Å². The van der Waals surface area contributed by atoms with E-state index in [1.165, 1.54) is 5.06 Å². The Morgan fingerprint density at radius 3 is 1.79 bits per heavy atom. The van der Waals surface area contributed by atoms with Gasteiger partial charge in [-0.25, -0.2) is 0 Å². The van der Waals surface area contributed by atoms with Crippen molar-refractivity contribution in [1.82, 2.24) is 10.4 Å². The Morgan fingerprint density at radius 2 is 1.23 bits per heavy atom. The highest BCUT2D eigenvalue weighted by molar-refractivity contribution is 5.79. The minimum absolute atomic E-state index is 0.217. The molecule has 4 aliphatic rings. The molecule has 0 saturated carbocycles. The van der Waals surface area contributed by atoms with E-state index in [0.717, 1.165) is 0 Å². The Morgan fingerprint density at radius 1 is 0.745 bits per heavy atom. The molecule has 15 atom stereocenters. The monoisotopic (exact) mass is 684 g/mol. The lowest BCUT2D eigenvalue weighted by atomic mass is 9.75. The second-order valence-electron chi connectivity index (χ2n) is 14.1. The summed E-state index contributed by atoms with van der Waals surface area (Å²) in [5.74, 6) is -1.24. The van der Waals surface area contributed by atoms with Crippen molar-refractivity contribution in [1.29, 1.82) is 0 Å². The molecule has 19 nitrogen and oxygen atoms in total. The maximum absolute atomic E-state index is 13.8. The van der Waals surface area contributed by atoms with Gasteiger partial charge in [0.15, 0.2) is 18.9 Å². The highest BCUT2D eigenvalue weighted by atomic mass is 16.7. The average molecular weight is 685 g/mol. The first-order valence-electron chi connectivity index (χ1n) is 15.7. The lowest BCUT2D eigenvalue weighted by Crippen LogP contribution is -2.71. The first-order chi connectivity index (χ1) is 21.9. The van der Waals surface area contributed by atoms with Crippen LogP contribution < -0.4 is 16.8 Å². The Hall–Kier alpha value is -1.21. The molecule has 4 saturated heterocycles. The lowest BCUT2D eigenvalue weighted by Gasteiger charge is -2.52. The van der Waals surface area contributed by atoms with Gasteiger partial charge in [0.1, 0.15) is 61.0 Å². The van der Waals surface area contributed by atoms with E-state index in [0.29, 0.717) is 0 Å². The maximum Gasteiger partial charge on any atom is 0.223 e. The van der Waals surface area contributed by atoms with Gasteiger partial charge in [-0.05, 0) is 40.5 Å². The van der Waals surface area contributed by atoms with Crippen molar-refractivity contribution in [2.75, 3.05) is 19.8 Å². The summed E-state index contributed by atoms with van der Waals surface area (Å²) < 4.78 is 28.7. The SMILES string of the molecule is CC1(C)CC(C(=O)NC2C(OC3C(CO)OC(O)C(N)C3O)OC(CO)C(OC3OC(CO)C(O)C(O)C3N)C2O)CC(C)(C)N1O. The average Bonchev–Trinajstić information content (AvgIpc) is 3.02. The van der Waals surface area contributed by atoms with E-state index < -0.39 is 135 Å². The Bertz CT molecular complexity index is 1040. The molecule has 47 heavy (non-hydrogen) atoms. The van der Waals surface area contributed by atoms with Crippen molar-refractivity contribution in [3.8, 4) is 0 Å². The third-order valence-electron chi connectivity index (χ3n) is 9.60. The molecule has 4 fully saturated rings. The number of nitrogens with one attached hydrogen (secondary N) is 1. The van der Waals surface area contributed by atoms with Crippen LogP contribution in [0.3, 0.4) is 0 Å². The minimum atomic E-state index is -1.75. The van der Waals surface area contributed by atoms with Crippen LogP contribution in [0, 0.1) is 5.92 Å². The molecule has 14 N–H and O–H groups in total. The molecule has 274 valence electrons. The van der Waals surface area contributed by atoms with Gasteiger partial charge < -0.3 is 86.5 Å². The fourth-order valence-corrected chi connectivity index (χ4v) is 7.05. The smallest absolute Gasteiger partial charge is 0.223 e. The lowest BCUT2D eigenvalue weighted by molar-refractivity contribution is -0.350. The minimum Gasteiger partial charge on any atom is -0.394 e. The number of piperidine rings is 1. The predicted molar refractivity (Wildman–Crippen MR) is 156 cm³/mol. The summed E-state index contributed by atoms with van der Waals surface area (Å²) in [7, 11) is 0. The molecular formula is C28H52N4O15. The number of hydrogen-bond acceptors (Lipinski definition) is 18. The van der Waals surface area contributed by atoms with Gasteiger partial charge in [0.25, 0.3) is 0 Å². The van der Waals surface area contributed by atoms with Crippen LogP contribution in [-0.4, -0.2) is 180 Å². The number of rotatable bonds is 9. The summed E-state index contributed by atoms with van der Waals surface area (Å²) in [5, 5.41) is 97.7. The van der Waals surface area contributed by atoms with Crippen molar-refractivity contribution in [2.45, 2.75) is 144 Å². The number of nitrogens with two attached hydrogens (primary N) is 2. The summed E-state index contributed by atoms with van der Waals surface area (Å²) in [5.41, 5.74) is 10.3. The van der Waals surface area contributed by atoms with E-state index in [4.69, 9.17) is 35.2 Å². The van der Waals surface area contributed by atoms with Gasteiger partial charge in [0, 0.05) is 17.0 Å². The number of nitrogens with zero attached hydrogens (tertiary/aromatic N) is 1. The van der Waals surface area contributed by atoms with E-state index in [2.05, 4.69) is 5.32 Å². The van der Waals surface area contributed by atoms with Gasteiger partial charge in [-0.3, -0.25) is 4.79 Å². The first kappa shape index (κ1) is 38.6. The number of amides is 1. The highest BCUT2D eigenvalue weighted by Crippen LogP contribution is 2.40. The van der Waals surface area contributed by atoms with E-state index in [1.54, 1.807) is 27.7 Å². The summed E-state index contributed by atoms with van der Waals surface area (Å²) >= 11 is 0. The van der Waals surface area contributed by atoms with Crippen LogP contribution in [0.2, 0.25) is 0 Å². The van der Waals surface area contributed by atoms with Crippen molar-refractivity contribution in [2.24, 2.45) is 17.4 Å². The van der Waals surface area contributed by atoms with Crippen molar-refractivity contribution >= 4 is 5.91 Å². The fraction of sp³-hybridized carbons (Fsp3) is 0.964. The highest BCUT2D eigenvalue weighted by Gasteiger charge is 2.55. The van der Waals surface area contributed by atoms with Gasteiger partial charge in [0.05, 0.1) is 31.9 Å². The third-order valence-corrected chi connectivity index (χ3v) is 9.60. The number of hydroxylamine groups is 2. The molecule has 0 aromatic carbocycles. The molecule has 1 amide bonds. The van der Waals surface area contributed by atoms with Gasteiger partial charge in [-0.15, -0.1) is 0 Å². The number of carbonyl (C=O) groups is 1. The topological polar surface area (TPSA) is 313 Å². The number of hydrogen-bond donors (Lipinski definition) is 12. The zero-order chi connectivity index (χ0) is 35.2. The first-order valence-corrected chi connectivity index (χ1v) is 15.7. The van der Waals surface area contributed by atoms with Gasteiger partial charge >= 0.3 is 0 Å². The molecule has 19 heteroatoms. The van der Waals surface area contributed by atoms with Crippen LogP contribution in [0.15, 0.2) is 0 Å². The predicted octanol–water partition coefficient (Wildman–Crippen LogP) is -5.86. The van der Waals surface area contributed by atoms with E-state index in [-0.39, 0.29) is 12.8 Å². The molecule has 0 aromatic rings. The standard InChI is InChI=1S/C28H52N4O15/c1-27(2)5-10(6-28(3,4)32(27)42)23(40)31-16-20(39)22(46-25-15(30)18(37)17(36)11(7-33)44-25)13(9-35)45-26(16)47-21-12(8-34)43-24(41)14(29)19(21)38/h10-22,24-26,33-39,41-42H,5-9,29-30H2,1-4H3,(H,31,40). The molecule has 4 rings (SSSR count). The zero-order valence-electron chi connectivity index (χ0n) is 26.8. The summed E-state index contributed by atoms with van der Waals surface area (Å²) in [6.07, 6.45) is -17.9. The van der Waals surface area contributed by atoms with E-state index >= 15 is 0 Å². The summed E-state index contributed by atoms with van der Waals surface area (Å²) in [6.45, 7) is 4.85. The largest absolute Gasteiger partial charge is 0.394 e. The van der Waals surface area contributed by atoms with Crippen LogP contribution in [0.5, 0.6) is 0 Å². The normalized spacial score (nSPS) is 46.2. The third kappa shape index (κ3) is 7.76. The van der Waals surface area contributed by atoms with Crippen molar-refractivity contribution in [3.05, 3.63) is 0 Å². The fourth-order valence-electron chi connectivity index (χ4n) is 7.05. The molecule has 0 aromatic heterocycles. The zero-order valence-corrected chi connectivity index (χ0v) is 26.8. The molecular weight excluding hydrogens is 632 g/mol. The molecule has 15 unspecified atom stereocenters. The Labute approximate surface area is 271 Å². The number of aliphatic hydroxyl groups excluding tert-OH is 8. The Kier molecular flexibility index (Phi) is 12.3. The van der Waals surface area contributed by atoms with E-state index in [1.807, 2.05) is 0 Å². The summed E-state index contributed by atoms with van der Waals surface area (Å²) in [6, 6.07) is -4.23. The van der Waals surface area contributed by atoms with Crippen LogP contribution in [0.1, 0.15) is 40.5 Å². The molecule has 0 radical (unpaired) electrons. The molecule has 4 heterocycles. The van der Waals surface area contributed by atoms with Gasteiger partial charge in [0.2, 0.25) is 5.91 Å². The van der Waals surface area contributed by atoms with Gasteiger partial charge in [-0.2, -0.15) is 5.06 Å². The molecule has 4 aliphatic heterocycles. The van der Waals surface area contributed by atoms with Crippen LogP contribution >= 0.6 is 0 Å². The second kappa shape index (κ2) is 15.0. The van der Waals surface area contributed by atoms with Crippen LogP contribution in [-0.2, 0) is 28.5 Å². The summed E-state index contributed by atoms with van der Waals surface area (Å²) in [4.78, 5) is 13.8. The van der Waals surface area contributed by atoms with Crippen LogP contribution in [0.4, 0.5) is 0 Å². The van der Waals surface area contributed by atoms with Crippen LogP contribution in [0.25, 0.3) is 0 Å². The molecule has 0 spiro atoms. The quantitative estimate of drug-likeness (QED) is 0.108. The molecule has 0 bridgehead atoms.